The standard InChI is InChI=1S/C11H22N2O2/c1-13-5-2-3-9(4-6-13)7-10(8-12)11(14)15/h9-10H,2-8,12H2,1H3,(H,14,15). The monoisotopic (exact) mass is 214 g/mol. The van der Waals surface area contributed by atoms with Gasteiger partial charge in [0.25, 0.3) is 0 Å². The van der Waals surface area contributed by atoms with Crippen molar-refractivity contribution >= 4 is 5.97 Å². The van der Waals surface area contributed by atoms with Gasteiger partial charge < -0.3 is 15.7 Å². The normalized spacial score (nSPS) is 25.9. The molecule has 1 aliphatic heterocycles. The van der Waals surface area contributed by atoms with Crippen LogP contribution in [0.2, 0.25) is 0 Å². The van der Waals surface area contributed by atoms with Gasteiger partial charge in [0.15, 0.2) is 0 Å². The summed E-state index contributed by atoms with van der Waals surface area (Å²) in [7, 11) is 2.12. The van der Waals surface area contributed by atoms with Crippen LogP contribution in [0.1, 0.15) is 25.7 Å². The van der Waals surface area contributed by atoms with E-state index >= 15 is 0 Å². The minimum atomic E-state index is -0.741. The van der Waals surface area contributed by atoms with Crippen LogP contribution in [0.25, 0.3) is 0 Å². The van der Waals surface area contributed by atoms with Crippen LogP contribution in [0.15, 0.2) is 0 Å². The minimum Gasteiger partial charge on any atom is -0.481 e. The van der Waals surface area contributed by atoms with Gasteiger partial charge in [-0.25, -0.2) is 0 Å². The van der Waals surface area contributed by atoms with E-state index in [1.165, 1.54) is 6.42 Å². The molecule has 2 unspecified atom stereocenters. The zero-order valence-electron chi connectivity index (χ0n) is 9.48. The molecule has 1 heterocycles. The van der Waals surface area contributed by atoms with E-state index in [-0.39, 0.29) is 12.5 Å². The molecule has 4 heteroatoms. The summed E-state index contributed by atoms with van der Waals surface area (Å²) < 4.78 is 0. The molecule has 1 aliphatic rings. The zero-order valence-corrected chi connectivity index (χ0v) is 9.48. The van der Waals surface area contributed by atoms with Crippen molar-refractivity contribution in [2.75, 3.05) is 26.7 Å². The van der Waals surface area contributed by atoms with Gasteiger partial charge in [0.05, 0.1) is 5.92 Å². The lowest BCUT2D eigenvalue weighted by atomic mass is 9.89. The van der Waals surface area contributed by atoms with Gasteiger partial charge in [-0.15, -0.1) is 0 Å². The van der Waals surface area contributed by atoms with Crippen molar-refractivity contribution in [2.45, 2.75) is 25.7 Å². The predicted molar refractivity (Wildman–Crippen MR) is 59.6 cm³/mol. The summed E-state index contributed by atoms with van der Waals surface area (Å²) in [5.41, 5.74) is 5.47. The molecular formula is C11H22N2O2. The largest absolute Gasteiger partial charge is 0.481 e. The Labute approximate surface area is 91.4 Å². The van der Waals surface area contributed by atoms with Crippen LogP contribution in [0.3, 0.4) is 0 Å². The molecule has 0 aromatic heterocycles. The fourth-order valence-corrected chi connectivity index (χ4v) is 2.24. The Morgan fingerprint density at radius 3 is 2.87 bits per heavy atom. The van der Waals surface area contributed by atoms with E-state index in [1.807, 2.05) is 0 Å². The number of hydrogen-bond donors (Lipinski definition) is 2. The van der Waals surface area contributed by atoms with Gasteiger partial charge in [0.2, 0.25) is 0 Å². The Morgan fingerprint density at radius 2 is 2.27 bits per heavy atom. The Bertz CT molecular complexity index is 209. The van der Waals surface area contributed by atoms with Gasteiger partial charge in [-0.2, -0.15) is 0 Å². The minimum absolute atomic E-state index is 0.266. The van der Waals surface area contributed by atoms with E-state index in [2.05, 4.69) is 11.9 Å². The maximum atomic E-state index is 10.9. The number of carboxylic acid groups (broad SMARTS) is 1. The molecule has 2 atom stereocenters. The number of rotatable bonds is 4. The molecular weight excluding hydrogens is 192 g/mol. The number of hydrogen-bond acceptors (Lipinski definition) is 3. The van der Waals surface area contributed by atoms with Gasteiger partial charge in [0, 0.05) is 6.54 Å². The molecule has 4 nitrogen and oxygen atoms in total. The maximum absolute atomic E-state index is 10.9. The predicted octanol–water partition coefficient (Wildman–Crippen LogP) is 0.768. The molecule has 15 heavy (non-hydrogen) atoms. The lowest BCUT2D eigenvalue weighted by molar-refractivity contribution is -0.142. The summed E-state index contributed by atoms with van der Waals surface area (Å²) >= 11 is 0. The smallest absolute Gasteiger partial charge is 0.307 e. The molecule has 1 rings (SSSR count). The van der Waals surface area contributed by atoms with Gasteiger partial charge in [-0.1, -0.05) is 0 Å². The SMILES string of the molecule is CN1CCCC(CC(CN)C(=O)O)CC1. The Kier molecular flexibility index (Phi) is 5.05. The summed E-state index contributed by atoms with van der Waals surface area (Å²) in [6, 6.07) is 0. The third-order valence-corrected chi connectivity index (χ3v) is 3.32. The number of nitrogens with two attached hydrogens (primary N) is 1. The lowest BCUT2D eigenvalue weighted by Gasteiger charge is -2.18. The van der Waals surface area contributed by atoms with E-state index in [1.54, 1.807) is 0 Å². The van der Waals surface area contributed by atoms with Crippen molar-refractivity contribution in [2.24, 2.45) is 17.6 Å². The summed E-state index contributed by atoms with van der Waals surface area (Å²) in [4.78, 5) is 13.2. The fraction of sp³-hybridized carbons (Fsp3) is 0.909. The summed E-state index contributed by atoms with van der Waals surface area (Å²) in [6.45, 7) is 2.49. The van der Waals surface area contributed by atoms with Crippen LogP contribution >= 0.6 is 0 Å². The second-order valence-electron chi connectivity index (χ2n) is 4.61. The summed E-state index contributed by atoms with van der Waals surface area (Å²) in [5, 5.41) is 8.94. The molecule has 0 bridgehead atoms. The van der Waals surface area contributed by atoms with Gasteiger partial charge >= 0.3 is 5.97 Å². The van der Waals surface area contributed by atoms with E-state index in [0.29, 0.717) is 5.92 Å². The average Bonchev–Trinajstić information content (AvgIpc) is 2.39. The molecule has 0 saturated carbocycles. The third-order valence-electron chi connectivity index (χ3n) is 3.32. The second kappa shape index (κ2) is 6.08. The van der Waals surface area contributed by atoms with E-state index in [4.69, 9.17) is 10.8 Å². The van der Waals surface area contributed by atoms with Gasteiger partial charge in [-0.05, 0) is 51.7 Å². The Hall–Kier alpha value is -0.610. The molecule has 0 amide bonds. The first kappa shape index (κ1) is 12.5. The molecule has 1 fully saturated rings. The summed E-state index contributed by atoms with van der Waals surface area (Å²) in [5.74, 6) is -0.548. The van der Waals surface area contributed by atoms with Crippen LogP contribution < -0.4 is 5.73 Å². The van der Waals surface area contributed by atoms with E-state index in [9.17, 15) is 4.79 Å². The maximum Gasteiger partial charge on any atom is 0.307 e. The Balaban J connectivity index is 2.39. The molecule has 0 radical (unpaired) electrons. The van der Waals surface area contributed by atoms with Crippen molar-refractivity contribution in [1.82, 2.24) is 4.90 Å². The number of carboxylic acids is 1. The van der Waals surface area contributed by atoms with Crippen LogP contribution in [-0.2, 0) is 4.79 Å². The van der Waals surface area contributed by atoms with Crippen molar-refractivity contribution in [1.29, 1.82) is 0 Å². The van der Waals surface area contributed by atoms with Crippen molar-refractivity contribution < 1.29 is 9.90 Å². The van der Waals surface area contributed by atoms with Gasteiger partial charge in [0.1, 0.15) is 0 Å². The highest BCUT2D eigenvalue weighted by molar-refractivity contribution is 5.70. The van der Waals surface area contributed by atoms with Crippen molar-refractivity contribution in [3.05, 3.63) is 0 Å². The van der Waals surface area contributed by atoms with Crippen LogP contribution in [0, 0.1) is 11.8 Å². The zero-order chi connectivity index (χ0) is 11.3. The van der Waals surface area contributed by atoms with Crippen molar-refractivity contribution in [3.63, 3.8) is 0 Å². The highest BCUT2D eigenvalue weighted by Gasteiger charge is 2.22. The summed E-state index contributed by atoms with van der Waals surface area (Å²) in [6.07, 6.45) is 4.19. The molecule has 0 aromatic rings. The molecule has 0 aromatic carbocycles. The molecule has 0 spiro atoms. The molecule has 3 N–H and O–H groups in total. The van der Waals surface area contributed by atoms with E-state index in [0.717, 1.165) is 32.4 Å². The Morgan fingerprint density at radius 1 is 1.53 bits per heavy atom. The number of nitrogens with zero attached hydrogens (tertiary/aromatic N) is 1. The van der Waals surface area contributed by atoms with Gasteiger partial charge in [-0.3, -0.25) is 4.79 Å². The van der Waals surface area contributed by atoms with Crippen molar-refractivity contribution in [3.8, 4) is 0 Å². The number of aliphatic carboxylic acids is 1. The third kappa shape index (κ3) is 4.18. The number of carbonyl (C=O) groups is 1. The first-order valence-corrected chi connectivity index (χ1v) is 5.75. The molecule has 1 saturated heterocycles. The number of likely N-dealkylation sites (tertiary alicyclic amines) is 1. The molecule has 0 aliphatic carbocycles. The van der Waals surface area contributed by atoms with Crippen LogP contribution in [-0.4, -0.2) is 42.7 Å². The van der Waals surface area contributed by atoms with Crippen LogP contribution in [0.4, 0.5) is 0 Å². The highest BCUT2D eigenvalue weighted by atomic mass is 16.4. The fourth-order valence-electron chi connectivity index (χ4n) is 2.24. The lowest BCUT2D eigenvalue weighted by Crippen LogP contribution is -2.26. The highest BCUT2D eigenvalue weighted by Crippen LogP contribution is 2.23. The first-order valence-electron chi connectivity index (χ1n) is 5.75. The molecule has 88 valence electrons. The second-order valence-corrected chi connectivity index (χ2v) is 4.61. The quantitative estimate of drug-likeness (QED) is 0.725. The topological polar surface area (TPSA) is 66.6 Å². The van der Waals surface area contributed by atoms with E-state index < -0.39 is 5.97 Å². The first-order chi connectivity index (χ1) is 7.13. The average molecular weight is 214 g/mol. The van der Waals surface area contributed by atoms with Crippen LogP contribution in [0.5, 0.6) is 0 Å².